The van der Waals surface area contributed by atoms with Crippen LogP contribution in [0.25, 0.3) is 10.8 Å². The maximum absolute atomic E-state index is 12.2. The van der Waals surface area contributed by atoms with Crippen molar-refractivity contribution in [1.29, 1.82) is 0 Å². The number of fused-ring (bicyclic) bond motifs is 1. The molecule has 6 heteroatoms. The van der Waals surface area contributed by atoms with Gasteiger partial charge in [0.25, 0.3) is 0 Å². The maximum atomic E-state index is 12.2. The van der Waals surface area contributed by atoms with Crippen LogP contribution in [0.3, 0.4) is 0 Å². The van der Waals surface area contributed by atoms with Crippen molar-refractivity contribution in [3.63, 3.8) is 0 Å². The van der Waals surface area contributed by atoms with Gasteiger partial charge in [0.05, 0.1) is 6.42 Å². The van der Waals surface area contributed by atoms with Gasteiger partial charge < -0.3 is 14.9 Å². The first kappa shape index (κ1) is 17.4. The van der Waals surface area contributed by atoms with Gasteiger partial charge in [-0.3, -0.25) is 9.59 Å². The van der Waals surface area contributed by atoms with E-state index in [1.807, 2.05) is 30.3 Å². The average Bonchev–Trinajstić information content (AvgIpc) is 2.63. The molecule has 0 aliphatic rings. The highest BCUT2D eigenvalue weighted by atomic mass is 16.5. The zero-order valence-corrected chi connectivity index (χ0v) is 14.1. The highest BCUT2D eigenvalue weighted by molar-refractivity contribution is 6.04. The molecular formula is C20H17NO5. The molecule has 3 aromatic rings. The van der Waals surface area contributed by atoms with Gasteiger partial charge in [-0.15, -0.1) is 0 Å². The molecule has 2 N–H and O–H groups in total. The van der Waals surface area contributed by atoms with Gasteiger partial charge in [-0.1, -0.05) is 18.2 Å². The Kier molecular flexibility index (Phi) is 4.84. The number of Topliss-reactive ketones (excluding diaryl/α,β-unsaturated/α-hetero) is 1. The third-order valence-corrected chi connectivity index (χ3v) is 3.95. The van der Waals surface area contributed by atoms with Gasteiger partial charge in [0.1, 0.15) is 17.2 Å². The number of hydrogen-bond donors (Lipinski definition) is 2. The van der Waals surface area contributed by atoms with Gasteiger partial charge in [-0.25, -0.2) is 4.98 Å². The van der Waals surface area contributed by atoms with Gasteiger partial charge in [0.15, 0.2) is 11.5 Å². The van der Waals surface area contributed by atoms with Crippen molar-refractivity contribution < 1.29 is 24.5 Å². The summed E-state index contributed by atoms with van der Waals surface area (Å²) in [5, 5.41) is 20.3. The van der Waals surface area contributed by atoms with Crippen molar-refractivity contribution in [3.8, 4) is 17.2 Å². The largest absolute Gasteiger partial charge is 0.505 e. The number of benzene rings is 2. The van der Waals surface area contributed by atoms with Gasteiger partial charge in [0.2, 0.25) is 0 Å². The monoisotopic (exact) mass is 351 g/mol. The number of pyridine rings is 1. The number of carbonyl (C=O) groups is 2. The molecule has 3 rings (SSSR count). The summed E-state index contributed by atoms with van der Waals surface area (Å²) < 4.78 is 5.78. The van der Waals surface area contributed by atoms with Crippen molar-refractivity contribution in [2.75, 3.05) is 0 Å². The second kappa shape index (κ2) is 7.23. The molecule has 0 fully saturated rings. The van der Waals surface area contributed by atoms with E-state index in [4.69, 9.17) is 9.84 Å². The summed E-state index contributed by atoms with van der Waals surface area (Å²) >= 11 is 0. The predicted molar refractivity (Wildman–Crippen MR) is 95.9 cm³/mol. The van der Waals surface area contributed by atoms with E-state index < -0.39 is 11.8 Å². The summed E-state index contributed by atoms with van der Waals surface area (Å²) in [5.41, 5.74) is 0.447. The average molecular weight is 351 g/mol. The molecule has 0 spiro atoms. The molecule has 1 aromatic heterocycles. The molecule has 0 aliphatic carbocycles. The fourth-order valence-corrected chi connectivity index (χ4v) is 2.66. The van der Waals surface area contributed by atoms with Crippen molar-refractivity contribution in [1.82, 2.24) is 4.98 Å². The molecule has 0 bridgehead atoms. The molecule has 0 saturated heterocycles. The van der Waals surface area contributed by atoms with Crippen molar-refractivity contribution in [2.24, 2.45) is 0 Å². The minimum Gasteiger partial charge on any atom is -0.505 e. The number of ether oxygens (including phenoxy) is 1. The minimum atomic E-state index is -1.07. The smallest absolute Gasteiger partial charge is 0.303 e. The number of aromatic hydroxyl groups is 1. The first-order chi connectivity index (χ1) is 12.5. The van der Waals surface area contributed by atoms with Gasteiger partial charge >= 0.3 is 5.97 Å². The van der Waals surface area contributed by atoms with Crippen molar-refractivity contribution >= 4 is 22.5 Å². The maximum Gasteiger partial charge on any atom is 0.303 e. The van der Waals surface area contributed by atoms with Crippen LogP contribution in [0.2, 0.25) is 0 Å². The summed E-state index contributed by atoms with van der Waals surface area (Å²) in [6.45, 7) is 1.72. The Morgan fingerprint density at radius 2 is 1.73 bits per heavy atom. The van der Waals surface area contributed by atoms with E-state index >= 15 is 0 Å². The van der Waals surface area contributed by atoms with Crippen LogP contribution in [0.4, 0.5) is 0 Å². The van der Waals surface area contributed by atoms with Gasteiger partial charge in [-0.2, -0.15) is 0 Å². The molecule has 0 aliphatic heterocycles. The molecule has 0 unspecified atom stereocenters. The zero-order chi connectivity index (χ0) is 18.7. The summed E-state index contributed by atoms with van der Waals surface area (Å²) in [6, 6.07) is 14.4. The Hall–Kier alpha value is -3.41. The number of ketones is 1. The van der Waals surface area contributed by atoms with Crippen LogP contribution in [-0.2, 0) is 4.79 Å². The zero-order valence-electron chi connectivity index (χ0n) is 14.1. The normalized spacial score (nSPS) is 10.7. The number of para-hydroxylation sites is 1. The Balaban J connectivity index is 1.96. The number of aryl methyl sites for hydroxylation is 1. The fourth-order valence-electron chi connectivity index (χ4n) is 2.66. The summed E-state index contributed by atoms with van der Waals surface area (Å²) in [4.78, 5) is 27.0. The predicted octanol–water partition coefficient (Wildman–Crippen LogP) is 4.09. The van der Waals surface area contributed by atoms with E-state index in [9.17, 15) is 14.7 Å². The highest BCUT2D eigenvalue weighted by Crippen LogP contribution is 2.34. The molecule has 6 nitrogen and oxygen atoms in total. The van der Waals surface area contributed by atoms with Crippen LogP contribution in [-0.4, -0.2) is 26.9 Å². The molecule has 2 aromatic carbocycles. The Morgan fingerprint density at radius 1 is 1.00 bits per heavy atom. The summed E-state index contributed by atoms with van der Waals surface area (Å²) in [6.07, 6.45) is -0.517. The lowest BCUT2D eigenvalue weighted by atomic mass is 10.0. The number of rotatable bonds is 6. The Bertz CT molecular complexity index is 982. The Morgan fingerprint density at radius 3 is 2.42 bits per heavy atom. The van der Waals surface area contributed by atoms with E-state index in [1.165, 1.54) is 0 Å². The van der Waals surface area contributed by atoms with Gasteiger partial charge in [-0.05, 0) is 37.3 Å². The molecular weight excluding hydrogens is 334 g/mol. The standard InChI is InChI=1S/C20H17NO5/c1-12-16-11-14(26-13-5-3-2-4-6-13)7-8-15(16)20(25)19(21-12)17(22)9-10-18(23)24/h2-8,11,25H,9-10H2,1H3,(H,23,24). The number of carboxylic acids is 1. The van der Waals surface area contributed by atoms with E-state index in [-0.39, 0.29) is 24.3 Å². The lowest BCUT2D eigenvalue weighted by molar-refractivity contribution is -0.136. The number of hydrogen-bond acceptors (Lipinski definition) is 5. The lowest BCUT2D eigenvalue weighted by Crippen LogP contribution is -2.07. The number of nitrogens with zero attached hydrogens (tertiary/aromatic N) is 1. The summed E-state index contributed by atoms with van der Waals surface area (Å²) in [7, 11) is 0. The van der Waals surface area contributed by atoms with Crippen LogP contribution < -0.4 is 4.74 Å². The second-order valence-electron chi connectivity index (χ2n) is 5.83. The van der Waals surface area contributed by atoms with Crippen LogP contribution in [0.1, 0.15) is 29.0 Å². The third-order valence-electron chi connectivity index (χ3n) is 3.95. The van der Waals surface area contributed by atoms with E-state index in [0.29, 0.717) is 28.0 Å². The molecule has 132 valence electrons. The highest BCUT2D eigenvalue weighted by Gasteiger charge is 2.19. The minimum absolute atomic E-state index is 0.104. The van der Waals surface area contributed by atoms with E-state index in [2.05, 4.69) is 4.98 Å². The molecule has 0 saturated carbocycles. The molecule has 0 radical (unpaired) electrons. The number of carboxylic acid groups (broad SMARTS) is 1. The Labute approximate surface area is 149 Å². The number of carbonyl (C=O) groups excluding carboxylic acids is 1. The quantitative estimate of drug-likeness (QED) is 0.649. The molecule has 0 amide bonds. The van der Waals surface area contributed by atoms with Crippen molar-refractivity contribution in [2.45, 2.75) is 19.8 Å². The van der Waals surface area contributed by atoms with Gasteiger partial charge in [0, 0.05) is 22.9 Å². The number of aromatic nitrogens is 1. The van der Waals surface area contributed by atoms with E-state index in [0.717, 1.165) is 0 Å². The second-order valence-corrected chi connectivity index (χ2v) is 5.83. The van der Waals surface area contributed by atoms with Crippen LogP contribution in [0.15, 0.2) is 48.5 Å². The van der Waals surface area contributed by atoms with E-state index in [1.54, 1.807) is 25.1 Å². The molecule has 1 heterocycles. The first-order valence-electron chi connectivity index (χ1n) is 8.07. The molecule has 26 heavy (non-hydrogen) atoms. The fraction of sp³-hybridized carbons (Fsp3) is 0.150. The summed E-state index contributed by atoms with van der Waals surface area (Å²) in [5.74, 6) is -0.551. The van der Waals surface area contributed by atoms with Crippen LogP contribution in [0, 0.1) is 6.92 Å². The van der Waals surface area contributed by atoms with Crippen LogP contribution >= 0.6 is 0 Å². The van der Waals surface area contributed by atoms with Crippen LogP contribution in [0.5, 0.6) is 17.2 Å². The third kappa shape index (κ3) is 3.64. The first-order valence-corrected chi connectivity index (χ1v) is 8.07. The lowest BCUT2D eigenvalue weighted by Gasteiger charge is -2.11. The number of aliphatic carboxylic acids is 1. The molecule has 0 atom stereocenters. The SMILES string of the molecule is Cc1nc(C(=O)CCC(=O)O)c(O)c2ccc(Oc3ccccc3)cc12. The van der Waals surface area contributed by atoms with Crippen molar-refractivity contribution in [3.05, 3.63) is 59.9 Å². The topological polar surface area (TPSA) is 96.7 Å².